The molecule has 0 N–H and O–H groups in total. The van der Waals surface area contributed by atoms with Gasteiger partial charge in [0.2, 0.25) is 5.91 Å². The van der Waals surface area contributed by atoms with Crippen LogP contribution in [0.2, 0.25) is 5.15 Å². The van der Waals surface area contributed by atoms with Crippen LogP contribution in [-0.4, -0.2) is 52.2 Å². The number of amides is 1. The average molecular weight is 423 g/mol. The number of thioether (sulfide) groups is 1. The summed E-state index contributed by atoms with van der Waals surface area (Å²) in [4.78, 5) is 26.4. The second-order valence-electron chi connectivity index (χ2n) is 9.90. The molecule has 154 valence electrons. The number of fused-ring (bicyclic) bond motifs is 2. The normalized spacial score (nSPS) is 29.2. The highest BCUT2D eigenvalue weighted by Crippen LogP contribution is 2.52. The fourth-order valence-electron chi connectivity index (χ4n) is 5.70. The number of likely N-dealkylation sites (tertiary alicyclic amines) is 1. The molecule has 2 bridgehead atoms. The molecule has 2 unspecified atom stereocenters. The van der Waals surface area contributed by atoms with Gasteiger partial charge in [-0.15, -0.1) is 0 Å². The number of nitrogens with zero attached hydrogens (tertiary/aromatic N) is 4. The lowest BCUT2D eigenvalue weighted by atomic mass is 9.65. The molecule has 3 heterocycles. The first kappa shape index (κ1) is 20.3. The van der Waals surface area contributed by atoms with E-state index in [4.69, 9.17) is 11.6 Å². The van der Waals surface area contributed by atoms with E-state index in [0.717, 1.165) is 38.3 Å². The van der Waals surface area contributed by atoms with E-state index in [0.29, 0.717) is 27.5 Å². The van der Waals surface area contributed by atoms with Gasteiger partial charge < -0.3 is 9.80 Å². The van der Waals surface area contributed by atoms with Crippen LogP contribution in [0.25, 0.3) is 0 Å². The van der Waals surface area contributed by atoms with Crippen LogP contribution in [0.4, 0.5) is 5.82 Å². The van der Waals surface area contributed by atoms with E-state index in [2.05, 4.69) is 40.5 Å². The molecular formula is C21H31ClN4OS. The Hall–Kier alpha value is -1.01. The molecule has 1 amide bonds. The van der Waals surface area contributed by atoms with Gasteiger partial charge in [0.25, 0.3) is 0 Å². The fourth-order valence-corrected chi connectivity index (χ4v) is 6.66. The minimum Gasteiger partial charge on any atom is -0.356 e. The predicted octanol–water partition coefficient (Wildman–Crippen LogP) is 4.64. The second-order valence-corrected chi connectivity index (χ2v) is 11.2. The maximum Gasteiger partial charge on any atom is 0.233 e. The number of halogens is 1. The molecule has 2 saturated heterocycles. The van der Waals surface area contributed by atoms with Crippen molar-refractivity contribution in [1.29, 1.82) is 0 Å². The minimum atomic E-state index is 0.208. The van der Waals surface area contributed by atoms with Gasteiger partial charge in [-0.05, 0) is 49.4 Å². The number of hydrogen-bond donors (Lipinski definition) is 0. The Morgan fingerprint density at radius 2 is 1.96 bits per heavy atom. The van der Waals surface area contributed by atoms with Gasteiger partial charge in [-0.2, -0.15) is 0 Å². The van der Waals surface area contributed by atoms with Crippen molar-refractivity contribution in [3.63, 3.8) is 0 Å². The molecule has 2 aliphatic heterocycles. The number of carbonyl (C=O) groups is 1. The van der Waals surface area contributed by atoms with E-state index in [1.165, 1.54) is 37.4 Å². The molecular weight excluding hydrogens is 392 g/mol. The Balaban J connectivity index is 1.41. The van der Waals surface area contributed by atoms with Crippen LogP contribution in [0.3, 0.4) is 0 Å². The summed E-state index contributed by atoms with van der Waals surface area (Å²) in [6, 6.07) is 2.22. The Morgan fingerprint density at radius 3 is 2.71 bits per heavy atom. The molecule has 28 heavy (non-hydrogen) atoms. The highest BCUT2D eigenvalue weighted by molar-refractivity contribution is 7.99. The van der Waals surface area contributed by atoms with Crippen LogP contribution in [0.15, 0.2) is 11.2 Å². The zero-order valence-corrected chi connectivity index (χ0v) is 18.8. The third-order valence-corrected chi connectivity index (χ3v) is 7.43. The van der Waals surface area contributed by atoms with E-state index in [-0.39, 0.29) is 11.3 Å². The first-order valence-corrected chi connectivity index (χ1v) is 11.8. The van der Waals surface area contributed by atoms with Crippen LogP contribution in [0, 0.1) is 10.8 Å². The lowest BCUT2D eigenvalue weighted by Gasteiger charge is -2.39. The number of rotatable bonds is 4. The maximum absolute atomic E-state index is 13.0. The van der Waals surface area contributed by atoms with Crippen LogP contribution < -0.4 is 4.90 Å². The number of hydrogen-bond acceptors (Lipinski definition) is 5. The zero-order valence-electron chi connectivity index (χ0n) is 17.2. The molecule has 5 nitrogen and oxygen atoms in total. The van der Waals surface area contributed by atoms with Crippen LogP contribution in [-0.2, 0) is 4.79 Å². The Labute approximate surface area is 177 Å². The third-order valence-electron chi connectivity index (χ3n) is 6.40. The Kier molecular flexibility index (Phi) is 5.56. The van der Waals surface area contributed by atoms with E-state index < -0.39 is 0 Å². The van der Waals surface area contributed by atoms with Crippen molar-refractivity contribution in [2.45, 2.75) is 70.5 Å². The van der Waals surface area contributed by atoms with E-state index >= 15 is 0 Å². The summed E-state index contributed by atoms with van der Waals surface area (Å²) in [5.74, 6) is 1.48. The van der Waals surface area contributed by atoms with Crippen LogP contribution >= 0.6 is 23.4 Å². The van der Waals surface area contributed by atoms with Crippen molar-refractivity contribution < 1.29 is 4.79 Å². The van der Waals surface area contributed by atoms with Gasteiger partial charge in [0, 0.05) is 31.7 Å². The largest absolute Gasteiger partial charge is 0.356 e. The molecule has 0 spiro atoms. The first-order chi connectivity index (χ1) is 13.2. The molecule has 1 saturated carbocycles. The van der Waals surface area contributed by atoms with Crippen molar-refractivity contribution in [3.8, 4) is 0 Å². The molecule has 3 fully saturated rings. The lowest BCUT2D eigenvalue weighted by Crippen LogP contribution is -2.38. The van der Waals surface area contributed by atoms with E-state index in [9.17, 15) is 4.79 Å². The molecule has 3 aliphatic rings. The lowest BCUT2D eigenvalue weighted by molar-refractivity contribution is -0.129. The van der Waals surface area contributed by atoms with E-state index in [1.807, 2.05) is 6.07 Å². The van der Waals surface area contributed by atoms with Gasteiger partial charge in [0.15, 0.2) is 5.16 Å². The van der Waals surface area contributed by atoms with Crippen molar-refractivity contribution >= 4 is 35.1 Å². The summed E-state index contributed by atoms with van der Waals surface area (Å²) in [5, 5.41) is 1.06. The first-order valence-electron chi connectivity index (χ1n) is 10.4. The smallest absolute Gasteiger partial charge is 0.233 e. The van der Waals surface area contributed by atoms with Crippen molar-refractivity contribution in [1.82, 2.24) is 14.9 Å². The molecule has 0 radical (unpaired) electrons. The van der Waals surface area contributed by atoms with Crippen molar-refractivity contribution in [2.24, 2.45) is 10.8 Å². The maximum atomic E-state index is 13.0. The van der Waals surface area contributed by atoms with Gasteiger partial charge in [0.1, 0.15) is 11.0 Å². The highest BCUT2D eigenvalue weighted by Gasteiger charge is 2.50. The fraction of sp³-hybridized carbons (Fsp3) is 0.762. The molecule has 1 aromatic rings. The van der Waals surface area contributed by atoms with Crippen molar-refractivity contribution in [2.75, 3.05) is 30.3 Å². The topological polar surface area (TPSA) is 49.3 Å². The monoisotopic (exact) mass is 422 g/mol. The summed E-state index contributed by atoms with van der Waals surface area (Å²) >= 11 is 7.66. The Morgan fingerprint density at radius 1 is 1.21 bits per heavy atom. The van der Waals surface area contributed by atoms with Gasteiger partial charge in [0.05, 0.1) is 5.75 Å². The SMILES string of the molecule is CC1(C)CC2CC(C)(CN2C(=O)CSc2nc(Cl)cc(N3CCCCC3)n2)C1. The average Bonchev–Trinajstić information content (AvgIpc) is 2.89. The molecule has 1 aromatic heterocycles. The second kappa shape index (κ2) is 7.67. The summed E-state index contributed by atoms with van der Waals surface area (Å²) in [7, 11) is 0. The summed E-state index contributed by atoms with van der Waals surface area (Å²) in [6.07, 6.45) is 7.09. The standard InChI is InChI=1S/C21H31ClN4OS/c1-20(2)10-15-11-21(3,13-20)14-26(15)18(27)12-28-19-23-16(22)9-17(24-19)25-7-5-4-6-8-25/h9,15H,4-8,10-14H2,1-3H3. The number of piperidine rings is 1. The quantitative estimate of drug-likeness (QED) is 0.402. The highest BCUT2D eigenvalue weighted by atomic mass is 35.5. The van der Waals surface area contributed by atoms with Gasteiger partial charge in [-0.3, -0.25) is 4.79 Å². The number of carbonyl (C=O) groups excluding carboxylic acids is 1. The molecule has 4 rings (SSSR count). The molecule has 2 atom stereocenters. The molecule has 7 heteroatoms. The van der Waals surface area contributed by atoms with Crippen molar-refractivity contribution in [3.05, 3.63) is 11.2 Å². The molecule has 0 aromatic carbocycles. The van der Waals surface area contributed by atoms with Gasteiger partial charge in [-0.1, -0.05) is 44.1 Å². The van der Waals surface area contributed by atoms with E-state index in [1.54, 1.807) is 0 Å². The Bertz CT molecular complexity index is 752. The van der Waals surface area contributed by atoms with Gasteiger partial charge in [-0.25, -0.2) is 9.97 Å². The predicted molar refractivity (Wildman–Crippen MR) is 115 cm³/mol. The third kappa shape index (κ3) is 4.43. The van der Waals surface area contributed by atoms with Gasteiger partial charge >= 0.3 is 0 Å². The van der Waals surface area contributed by atoms with Crippen LogP contribution in [0.1, 0.15) is 59.3 Å². The molecule has 1 aliphatic carbocycles. The van der Waals surface area contributed by atoms with Crippen LogP contribution in [0.5, 0.6) is 0 Å². The zero-order chi connectivity index (χ0) is 19.9. The number of anilines is 1. The summed E-state index contributed by atoms with van der Waals surface area (Å²) in [6.45, 7) is 9.92. The summed E-state index contributed by atoms with van der Waals surface area (Å²) < 4.78 is 0. The minimum absolute atomic E-state index is 0.208. The number of aromatic nitrogens is 2. The summed E-state index contributed by atoms with van der Waals surface area (Å²) in [5.41, 5.74) is 0.583.